The van der Waals surface area contributed by atoms with E-state index in [2.05, 4.69) is 46.3 Å². The summed E-state index contributed by atoms with van der Waals surface area (Å²) in [6, 6.07) is 30.5. The number of ether oxygens (including phenoxy) is 3. The first-order valence-electron chi connectivity index (χ1n) is 13.9. The maximum atomic E-state index is 12.7. The van der Waals surface area contributed by atoms with E-state index >= 15 is 0 Å². The number of aromatic amines is 1. The van der Waals surface area contributed by atoms with Crippen LogP contribution in [0.25, 0.3) is 0 Å². The molecule has 1 aromatic heterocycles. The molecule has 0 amide bonds. The molecule has 1 aliphatic heterocycles. The van der Waals surface area contributed by atoms with E-state index in [4.69, 9.17) is 14.2 Å². The first kappa shape index (κ1) is 28.7. The normalized spacial score (nSPS) is 19.1. The molecule has 1 saturated heterocycles. The average molecular weight is 556 g/mol. The molecular formula is C33H37N3O5. The third-order valence-electron chi connectivity index (χ3n) is 7.51. The van der Waals surface area contributed by atoms with Gasteiger partial charge in [-0.1, -0.05) is 91.0 Å². The van der Waals surface area contributed by atoms with E-state index in [1.54, 1.807) is 13.1 Å². The van der Waals surface area contributed by atoms with Crippen LogP contribution in [0.15, 0.2) is 107 Å². The summed E-state index contributed by atoms with van der Waals surface area (Å²) in [6.45, 7) is 3.13. The van der Waals surface area contributed by atoms with E-state index in [0.29, 0.717) is 18.6 Å². The molecule has 214 valence electrons. The second-order valence-corrected chi connectivity index (χ2v) is 10.6. The minimum Gasteiger partial charge on any atom is -0.374 e. The molecule has 4 aromatic rings. The molecular weight excluding hydrogens is 518 g/mol. The van der Waals surface area contributed by atoms with Gasteiger partial charge in [-0.15, -0.1) is 0 Å². The molecule has 5 rings (SSSR count). The van der Waals surface area contributed by atoms with E-state index in [9.17, 15) is 9.59 Å². The van der Waals surface area contributed by atoms with Crippen molar-refractivity contribution in [3.8, 4) is 0 Å². The van der Waals surface area contributed by atoms with Gasteiger partial charge in [0.2, 0.25) is 0 Å². The van der Waals surface area contributed by atoms with Crippen LogP contribution in [0.5, 0.6) is 0 Å². The molecule has 1 fully saturated rings. The number of likely N-dealkylation sites (N-methyl/N-ethyl adjacent to an activating group) is 1. The third-order valence-corrected chi connectivity index (χ3v) is 7.51. The maximum Gasteiger partial charge on any atom is 0.330 e. The highest BCUT2D eigenvalue weighted by atomic mass is 16.6. The summed E-state index contributed by atoms with van der Waals surface area (Å²) < 4.78 is 21.3. The van der Waals surface area contributed by atoms with E-state index in [1.807, 2.05) is 68.7 Å². The molecule has 1 aliphatic rings. The number of rotatable bonds is 11. The average Bonchev–Trinajstić information content (AvgIpc) is 3.39. The summed E-state index contributed by atoms with van der Waals surface area (Å²) in [4.78, 5) is 29.2. The van der Waals surface area contributed by atoms with Crippen LogP contribution in [0.4, 0.5) is 0 Å². The predicted octanol–water partition coefficient (Wildman–Crippen LogP) is 4.09. The van der Waals surface area contributed by atoms with E-state index < -0.39 is 29.2 Å². The lowest BCUT2D eigenvalue weighted by Crippen LogP contribution is -2.39. The van der Waals surface area contributed by atoms with Crippen LogP contribution in [0.2, 0.25) is 0 Å². The molecule has 3 atom stereocenters. The van der Waals surface area contributed by atoms with E-state index in [1.165, 1.54) is 4.57 Å². The van der Waals surface area contributed by atoms with Crippen molar-refractivity contribution in [2.24, 2.45) is 0 Å². The SMILES string of the molecule is Cc1cn([C@H]2C[C@H](OCCN(C)C)[C@@H](COC(c3ccccc3)(c3ccccc3)c3ccccc3)O2)c(=O)[nH]c1=O. The predicted molar refractivity (Wildman–Crippen MR) is 158 cm³/mol. The van der Waals surface area contributed by atoms with Crippen molar-refractivity contribution in [3.05, 3.63) is 140 Å². The van der Waals surface area contributed by atoms with Gasteiger partial charge in [-0.05, 0) is 37.7 Å². The molecule has 8 nitrogen and oxygen atoms in total. The van der Waals surface area contributed by atoms with Crippen molar-refractivity contribution in [1.82, 2.24) is 14.5 Å². The number of nitrogens with one attached hydrogen (secondary N) is 1. The lowest BCUT2D eigenvalue weighted by molar-refractivity contribution is -0.105. The number of nitrogens with zero attached hydrogens (tertiary/aromatic N) is 2. The molecule has 0 bridgehead atoms. The van der Waals surface area contributed by atoms with Gasteiger partial charge < -0.3 is 19.1 Å². The lowest BCUT2D eigenvalue weighted by Gasteiger charge is -2.37. The summed E-state index contributed by atoms with van der Waals surface area (Å²) in [5.41, 5.74) is 1.59. The summed E-state index contributed by atoms with van der Waals surface area (Å²) in [6.07, 6.45) is 0.613. The Bertz CT molecular complexity index is 1420. The van der Waals surface area contributed by atoms with Crippen LogP contribution < -0.4 is 11.2 Å². The molecule has 0 unspecified atom stereocenters. The van der Waals surface area contributed by atoms with Gasteiger partial charge in [-0.25, -0.2) is 4.79 Å². The molecule has 1 N–H and O–H groups in total. The number of hydrogen-bond acceptors (Lipinski definition) is 6. The van der Waals surface area contributed by atoms with Gasteiger partial charge in [0.15, 0.2) is 0 Å². The quantitative estimate of drug-likeness (QED) is 0.281. The van der Waals surface area contributed by atoms with Crippen LogP contribution in [0, 0.1) is 6.92 Å². The van der Waals surface area contributed by atoms with Gasteiger partial charge in [0, 0.05) is 24.7 Å². The number of hydrogen-bond donors (Lipinski definition) is 1. The molecule has 2 heterocycles. The molecule has 0 saturated carbocycles. The second kappa shape index (κ2) is 12.8. The van der Waals surface area contributed by atoms with Gasteiger partial charge in [-0.2, -0.15) is 0 Å². The summed E-state index contributed by atoms with van der Waals surface area (Å²) in [5, 5.41) is 0. The fraction of sp³-hybridized carbons (Fsp3) is 0.333. The Morgan fingerprint density at radius 2 is 1.44 bits per heavy atom. The largest absolute Gasteiger partial charge is 0.374 e. The first-order chi connectivity index (χ1) is 19.9. The molecule has 8 heteroatoms. The molecule has 0 radical (unpaired) electrons. The second-order valence-electron chi connectivity index (χ2n) is 10.6. The Kier molecular flexibility index (Phi) is 8.95. The zero-order valence-electron chi connectivity index (χ0n) is 23.7. The summed E-state index contributed by atoms with van der Waals surface area (Å²) >= 11 is 0. The fourth-order valence-corrected chi connectivity index (χ4v) is 5.36. The maximum absolute atomic E-state index is 12.7. The monoisotopic (exact) mass is 555 g/mol. The van der Waals surface area contributed by atoms with Crippen LogP contribution in [-0.2, 0) is 19.8 Å². The fourth-order valence-electron chi connectivity index (χ4n) is 5.36. The number of aryl methyl sites for hydroxylation is 1. The number of aromatic nitrogens is 2. The van der Waals surface area contributed by atoms with Gasteiger partial charge in [-0.3, -0.25) is 14.3 Å². The highest BCUT2D eigenvalue weighted by Gasteiger charge is 2.42. The van der Waals surface area contributed by atoms with Crippen LogP contribution in [0.3, 0.4) is 0 Å². The minimum atomic E-state index is -0.912. The highest BCUT2D eigenvalue weighted by molar-refractivity contribution is 5.47. The third kappa shape index (κ3) is 6.26. The first-order valence-corrected chi connectivity index (χ1v) is 13.9. The Labute approximate surface area is 240 Å². The van der Waals surface area contributed by atoms with E-state index in [0.717, 1.165) is 23.2 Å². The van der Waals surface area contributed by atoms with Gasteiger partial charge in [0.05, 0.1) is 19.3 Å². The highest BCUT2D eigenvalue weighted by Crippen LogP contribution is 2.41. The van der Waals surface area contributed by atoms with E-state index in [-0.39, 0.29) is 12.7 Å². The van der Waals surface area contributed by atoms with Gasteiger partial charge >= 0.3 is 5.69 Å². The Balaban J connectivity index is 1.51. The Morgan fingerprint density at radius 3 is 1.95 bits per heavy atom. The lowest BCUT2D eigenvalue weighted by atomic mass is 9.80. The summed E-state index contributed by atoms with van der Waals surface area (Å²) in [5.74, 6) is 0. The van der Waals surface area contributed by atoms with Crippen molar-refractivity contribution < 1.29 is 14.2 Å². The number of H-pyrrole nitrogens is 1. The molecule has 0 spiro atoms. The van der Waals surface area contributed by atoms with Crippen LogP contribution >= 0.6 is 0 Å². The molecule has 0 aliphatic carbocycles. The smallest absolute Gasteiger partial charge is 0.330 e. The van der Waals surface area contributed by atoms with Gasteiger partial charge in [0.25, 0.3) is 5.56 Å². The molecule has 41 heavy (non-hydrogen) atoms. The topological polar surface area (TPSA) is 85.8 Å². The van der Waals surface area contributed by atoms with Crippen molar-refractivity contribution in [3.63, 3.8) is 0 Å². The van der Waals surface area contributed by atoms with Crippen LogP contribution in [-0.4, -0.2) is 60.5 Å². The van der Waals surface area contributed by atoms with Gasteiger partial charge in [0.1, 0.15) is 17.9 Å². The van der Waals surface area contributed by atoms with Crippen molar-refractivity contribution in [2.75, 3.05) is 33.9 Å². The van der Waals surface area contributed by atoms with Crippen LogP contribution in [0.1, 0.15) is 34.9 Å². The zero-order valence-corrected chi connectivity index (χ0v) is 23.7. The number of benzene rings is 3. The standard InChI is InChI=1S/C33H37N3O5/c1-24-22-36(32(38)34-31(24)37)30-21-28(39-20-19-35(2)3)29(41-30)23-40-33(25-13-7-4-8-14-25,26-15-9-5-10-16-26)27-17-11-6-12-18-27/h4-18,22,28-30H,19-21,23H2,1-3H3,(H,34,37,38)/t28-,29+,30+/m0/s1. The Morgan fingerprint density at radius 1 is 0.902 bits per heavy atom. The Hall–Kier alpha value is -3.82. The van der Waals surface area contributed by atoms with Crippen molar-refractivity contribution >= 4 is 0 Å². The zero-order chi connectivity index (χ0) is 28.8. The van der Waals surface area contributed by atoms with Crippen molar-refractivity contribution in [1.29, 1.82) is 0 Å². The van der Waals surface area contributed by atoms with Crippen molar-refractivity contribution in [2.45, 2.75) is 37.4 Å². The summed E-state index contributed by atoms with van der Waals surface area (Å²) in [7, 11) is 3.99. The minimum absolute atomic E-state index is 0.207. The molecule has 3 aromatic carbocycles.